The average Bonchev–Trinajstić information content (AvgIpc) is 2.40. The Hall–Kier alpha value is -0.410. The van der Waals surface area contributed by atoms with Gasteiger partial charge < -0.3 is 0 Å². The van der Waals surface area contributed by atoms with Crippen molar-refractivity contribution in [3.8, 4) is 0 Å². The van der Waals surface area contributed by atoms with E-state index in [0.717, 1.165) is 30.7 Å². The summed E-state index contributed by atoms with van der Waals surface area (Å²) in [6.45, 7) is 6.11. The predicted octanol–water partition coefficient (Wildman–Crippen LogP) is 1.91. The lowest BCUT2D eigenvalue weighted by Crippen LogP contribution is -2.65. The molecule has 0 amide bonds. The Morgan fingerprint density at radius 1 is 1.05 bits per heavy atom. The number of rotatable bonds is 0. The van der Waals surface area contributed by atoms with Gasteiger partial charge in [-0.2, -0.15) is 0 Å². The lowest BCUT2D eigenvalue weighted by molar-refractivity contribution is -0.134. The van der Waals surface area contributed by atoms with Gasteiger partial charge in [0.05, 0.1) is 0 Å². The molecule has 4 rings (SSSR count). The first-order chi connectivity index (χ1) is 9.22. The molecular formula is C16H26N2O. The van der Waals surface area contributed by atoms with Gasteiger partial charge in [-0.3, -0.25) is 14.6 Å². The van der Waals surface area contributed by atoms with Gasteiger partial charge in [-0.25, -0.2) is 0 Å². The third-order valence-corrected chi connectivity index (χ3v) is 6.22. The number of carbonyl (C=O) groups excluding carboxylic acids is 1. The SMILES string of the molecule is C[C@H]1CC(=O)C[C@@H]2[C@H]3C[C@@H](CN21)[C@@H]1CCCCN1C3. The number of Topliss-reactive ketones (excluding diaryl/α,β-unsaturated/α-hetero) is 1. The second kappa shape index (κ2) is 4.56. The fraction of sp³-hybridized carbons (Fsp3) is 0.938. The largest absolute Gasteiger partial charge is 0.300 e. The molecule has 0 aromatic carbocycles. The molecular weight excluding hydrogens is 236 g/mol. The Balaban J connectivity index is 1.59. The molecule has 3 nitrogen and oxygen atoms in total. The van der Waals surface area contributed by atoms with Crippen LogP contribution in [-0.4, -0.2) is 53.3 Å². The zero-order valence-electron chi connectivity index (χ0n) is 12.1. The van der Waals surface area contributed by atoms with E-state index in [2.05, 4.69) is 16.7 Å². The van der Waals surface area contributed by atoms with Crippen LogP contribution >= 0.6 is 0 Å². The maximum absolute atomic E-state index is 11.9. The summed E-state index contributed by atoms with van der Waals surface area (Å²) in [5.41, 5.74) is 0. The predicted molar refractivity (Wildman–Crippen MR) is 75.0 cm³/mol. The summed E-state index contributed by atoms with van der Waals surface area (Å²) in [7, 11) is 0. The molecule has 2 bridgehead atoms. The van der Waals surface area contributed by atoms with Crippen molar-refractivity contribution in [2.75, 3.05) is 19.6 Å². The summed E-state index contributed by atoms with van der Waals surface area (Å²) in [5.74, 6) is 2.15. The summed E-state index contributed by atoms with van der Waals surface area (Å²) in [4.78, 5) is 17.4. The van der Waals surface area contributed by atoms with E-state index in [1.807, 2.05) is 0 Å². The third kappa shape index (κ3) is 1.97. The number of hydrogen-bond donors (Lipinski definition) is 0. The molecule has 0 N–H and O–H groups in total. The molecule has 0 saturated carbocycles. The number of carbonyl (C=O) groups is 1. The van der Waals surface area contributed by atoms with Crippen LogP contribution in [0.2, 0.25) is 0 Å². The molecule has 4 fully saturated rings. The molecule has 4 aliphatic rings. The van der Waals surface area contributed by atoms with Gasteiger partial charge >= 0.3 is 0 Å². The minimum absolute atomic E-state index is 0.492. The molecule has 5 atom stereocenters. The van der Waals surface area contributed by atoms with E-state index in [4.69, 9.17) is 0 Å². The zero-order chi connectivity index (χ0) is 13.0. The minimum atomic E-state index is 0.492. The molecule has 4 aliphatic heterocycles. The maximum atomic E-state index is 11.9. The van der Waals surface area contributed by atoms with Crippen molar-refractivity contribution in [1.82, 2.24) is 9.80 Å². The van der Waals surface area contributed by atoms with E-state index in [1.54, 1.807) is 0 Å². The monoisotopic (exact) mass is 262 g/mol. The Morgan fingerprint density at radius 2 is 1.89 bits per heavy atom. The summed E-state index contributed by atoms with van der Waals surface area (Å²) >= 11 is 0. The molecule has 4 saturated heterocycles. The molecule has 0 aromatic rings. The first-order valence-electron chi connectivity index (χ1n) is 8.24. The number of piperidine rings is 4. The second-order valence-corrected chi connectivity index (χ2v) is 7.37. The van der Waals surface area contributed by atoms with Gasteiger partial charge in [0, 0.05) is 44.1 Å². The maximum Gasteiger partial charge on any atom is 0.136 e. The quantitative estimate of drug-likeness (QED) is 0.666. The molecule has 3 heteroatoms. The Labute approximate surface area is 116 Å². The standard InChI is InChI=1S/C16H26N2O/c1-11-6-14(19)8-16-12-7-13(10-18(11)16)15-4-2-3-5-17(15)9-12/h11-13,15-16H,2-10H2,1H3/t11-,12-,13-,15-,16+/m0/s1. The van der Waals surface area contributed by atoms with Crippen molar-refractivity contribution < 1.29 is 4.79 Å². The van der Waals surface area contributed by atoms with Crippen molar-refractivity contribution in [1.29, 1.82) is 0 Å². The van der Waals surface area contributed by atoms with Gasteiger partial charge in [-0.05, 0) is 44.6 Å². The van der Waals surface area contributed by atoms with Crippen LogP contribution in [-0.2, 0) is 4.79 Å². The third-order valence-electron chi connectivity index (χ3n) is 6.22. The molecule has 0 unspecified atom stereocenters. The first kappa shape index (κ1) is 12.3. The van der Waals surface area contributed by atoms with Gasteiger partial charge in [0.25, 0.3) is 0 Å². The van der Waals surface area contributed by atoms with Crippen molar-refractivity contribution in [2.45, 2.75) is 63.6 Å². The number of nitrogens with zero attached hydrogens (tertiary/aromatic N) is 2. The van der Waals surface area contributed by atoms with E-state index >= 15 is 0 Å². The van der Waals surface area contributed by atoms with Crippen LogP contribution in [0.4, 0.5) is 0 Å². The highest BCUT2D eigenvalue weighted by molar-refractivity contribution is 5.80. The van der Waals surface area contributed by atoms with Gasteiger partial charge in [-0.15, -0.1) is 0 Å². The van der Waals surface area contributed by atoms with Crippen LogP contribution in [0.15, 0.2) is 0 Å². The van der Waals surface area contributed by atoms with Crippen LogP contribution < -0.4 is 0 Å². The molecule has 4 heterocycles. The van der Waals surface area contributed by atoms with Crippen LogP contribution in [0.1, 0.15) is 45.4 Å². The topological polar surface area (TPSA) is 23.6 Å². The van der Waals surface area contributed by atoms with Crippen LogP contribution in [0.3, 0.4) is 0 Å². The van der Waals surface area contributed by atoms with E-state index in [1.165, 1.54) is 45.3 Å². The zero-order valence-corrected chi connectivity index (χ0v) is 12.1. The molecule has 0 aromatic heterocycles. The molecule has 0 spiro atoms. The highest BCUT2D eigenvalue weighted by Gasteiger charge is 2.48. The fourth-order valence-corrected chi connectivity index (χ4v) is 5.41. The summed E-state index contributed by atoms with van der Waals surface area (Å²) in [6, 6.07) is 1.91. The van der Waals surface area contributed by atoms with Crippen molar-refractivity contribution in [3.63, 3.8) is 0 Å². The highest BCUT2D eigenvalue weighted by atomic mass is 16.1. The average molecular weight is 262 g/mol. The lowest BCUT2D eigenvalue weighted by atomic mass is 9.70. The molecule has 0 aliphatic carbocycles. The van der Waals surface area contributed by atoms with Gasteiger partial charge in [0.15, 0.2) is 0 Å². The summed E-state index contributed by atoms with van der Waals surface area (Å²) in [5, 5.41) is 0. The van der Waals surface area contributed by atoms with Crippen molar-refractivity contribution in [2.24, 2.45) is 11.8 Å². The van der Waals surface area contributed by atoms with Gasteiger partial charge in [-0.1, -0.05) is 6.42 Å². The van der Waals surface area contributed by atoms with Crippen molar-refractivity contribution >= 4 is 5.78 Å². The fourth-order valence-electron chi connectivity index (χ4n) is 5.41. The minimum Gasteiger partial charge on any atom is -0.300 e. The number of hydrogen-bond acceptors (Lipinski definition) is 3. The van der Waals surface area contributed by atoms with Crippen LogP contribution in [0.5, 0.6) is 0 Å². The highest BCUT2D eigenvalue weighted by Crippen LogP contribution is 2.43. The van der Waals surface area contributed by atoms with Crippen LogP contribution in [0.25, 0.3) is 0 Å². The van der Waals surface area contributed by atoms with E-state index < -0.39 is 0 Å². The smallest absolute Gasteiger partial charge is 0.136 e. The lowest BCUT2D eigenvalue weighted by Gasteiger charge is -2.58. The second-order valence-electron chi connectivity index (χ2n) is 7.37. The van der Waals surface area contributed by atoms with E-state index in [9.17, 15) is 4.79 Å². The van der Waals surface area contributed by atoms with Gasteiger partial charge in [0.1, 0.15) is 5.78 Å². The Morgan fingerprint density at radius 3 is 2.79 bits per heavy atom. The first-order valence-corrected chi connectivity index (χ1v) is 8.24. The van der Waals surface area contributed by atoms with Crippen molar-refractivity contribution in [3.05, 3.63) is 0 Å². The Kier molecular flexibility index (Phi) is 2.96. The molecule has 19 heavy (non-hydrogen) atoms. The van der Waals surface area contributed by atoms with E-state index in [0.29, 0.717) is 17.9 Å². The van der Waals surface area contributed by atoms with Gasteiger partial charge in [0.2, 0.25) is 0 Å². The number of ketones is 1. The molecule has 0 radical (unpaired) electrons. The summed E-state index contributed by atoms with van der Waals surface area (Å²) < 4.78 is 0. The normalized spacial score (nSPS) is 47.6. The molecule has 106 valence electrons. The van der Waals surface area contributed by atoms with Crippen LogP contribution in [0, 0.1) is 11.8 Å². The Bertz CT molecular complexity index is 383. The summed E-state index contributed by atoms with van der Waals surface area (Å²) in [6.07, 6.45) is 7.26. The number of fused-ring (bicyclic) bond motifs is 6. The van der Waals surface area contributed by atoms with E-state index in [-0.39, 0.29) is 0 Å².